The Morgan fingerprint density at radius 3 is 3.04 bits per heavy atom. The zero-order chi connectivity index (χ0) is 18.5. The maximum Gasteiger partial charge on any atom is 0.292 e. The molecule has 3 aromatic rings. The number of nitrogens with zero attached hydrogens (tertiary/aromatic N) is 6. The van der Waals surface area contributed by atoms with Crippen LogP contribution in [-0.4, -0.2) is 44.5 Å². The number of nitrogen functional groups attached to an aromatic ring is 1. The van der Waals surface area contributed by atoms with Crippen molar-refractivity contribution in [3.05, 3.63) is 45.7 Å². The van der Waals surface area contributed by atoms with E-state index in [0.29, 0.717) is 0 Å². The lowest BCUT2D eigenvalue weighted by molar-refractivity contribution is 0.0942. The number of anilines is 1. The summed E-state index contributed by atoms with van der Waals surface area (Å²) in [6.07, 6.45) is 1.50. The van der Waals surface area contributed by atoms with E-state index in [1.165, 1.54) is 13.3 Å². The molecule has 0 unspecified atom stereocenters. The highest BCUT2D eigenvalue weighted by molar-refractivity contribution is 9.10. The van der Waals surface area contributed by atoms with E-state index in [0.717, 1.165) is 14.7 Å². The molecule has 12 heteroatoms. The predicted molar refractivity (Wildman–Crippen MR) is 93.5 cm³/mol. The summed E-state index contributed by atoms with van der Waals surface area (Å²) in [4.78, 5) is 12.6. The molecule has 0 aliphatic heterocycles. The van der Waals surface area contributed by atoms with Gasteiger partial charge in [-0.2, -0.15) is 9.78 Å². The Bertz CT molecular complexity index is 951. The molecule has 0 saturated heterocycles. The molecule has 0 atom stereocenters. The van der Waals surface area contributed by atoms with Crippen LogP contribution >= 0.6 is 15.9 Å². The second-order valence-electron chi connectivity index (χ2n) is 4.96. The first-order chi connectivity index (χ1) is 12.6. The van der Waals surface area contributed by atoms with Crippen molar-refractivity contribution in [1.82, 2.24) is 30.7 Å². The minimum Gasteiger partial charge on any atom is -0.378 e. The van der Waals surface area contributed by atoms with Crippen molar-refractivity contribution in [3.8, 4) is 5.82 Å². The standard InChI is InChI=1S/C14H13BrN8O3/c1-25-7-10-11(23(22-18-10)13-12(16)20-26-21-13)14(24)19-17-6-8-3-2-4-9(15)5-8/h2-6H,7H2,1H3,(H2,16,20)(H,19,24). The zero-order valence-electron chi connectivity index (χ0n) is 13.5. The maximum absolute atomic E-state index is 12.6. The number of rotatable bonds is 6. The molecule has 26 heavy (non-hydrogen) atoms. The Morgan fingerprint density at radius 1 is 1.50 bits per heavy atom. The fourth-order valence-corrected chi connectivity index (χ4v) is 2.48. The number of aromatic nitrogens is 5. The number of nitrogens with two attached hydrogens (primary N) is 1. The van der Waals surface area contributed by atoms with E-state index in [1.807, 2.05) is 24.3 Å². The molecule has 0 fully saturated rings. The number of amides is 1. The molecule has 0 radical (unpaired) electrons. The van der Waals surface area contributed by atoms with E-state index in [-0.39, 0.29) is 29.6 Å². The highest BCUT2D eigenvalue weighted by Gasteiger charge is 2.24. The van der Waals surface area contributed by atoms with Crippen LogP contribution in [0.3, 0.4) is 0 Å². The molecular formula is C14H13BrN8O3. The van der Waals surface area contributed by atoms with E-state index >= 15 is 0 Å². The van der Waals surface area contributed by atoms with Crippen molar-refractivity contribution in [1.29, 1.82) is 0 Å². The first-order valence-electron chi connectivity index (χ1n) is 7.21. The molecule has 2 heterocycles. The Hall–Kier alpha value is -3.12. The fraction of sp³-hybridized carbons (Fsp3) is 0.143. The summed E-state index contributed by atoms with van der Waals surface area (Å²) in [6, 6.07) is 7.42. The first-order valence-corrected chi connectivity index (χ1v) is 8.00. The van der Waals surface area contributed by atoms with E-state index in [4.69, 9.17) is 10.5 Å². The molecule has 3 N–H and O–H groups in total. The third kappa shape index (κ3) is 3.75. The van der Waals surface area contributed by atoms with Crippen LogP contribution in [0.1, 0.15) is 21.7 Å². The van der Waals surface area contributed by atoms with Gasteiger partial charge in [0.2, 0.25) is 11.6 Å². The normalized spacial score (nSPS) is 11.2. The maximum atomic E-state index is 12.6. The summed E-state index contributed by atoms with van der Waals surface area (Å²) >= 11 is 3.36. The van der Waals surface area contributed by atoms with E-state index < -0.39 is 5.91 Å². The summed E-state index contributed by atoms with van der Waals surface area (Å²) in [5.41, 5.74) is 9.21. The average Bonchev–Trinajstić information content (AvgIpc) is 3.21. The number of hydrazone groups is 1. The zero-order valence-corrected chi connectivity index (χ0v) is 15.0. The first kappa shape index (κ1) is 17.7. The van der Waals surface area contributed by atoms with Crippen molar-refractivity contribution in [2.75, 3.05) is 12.8 Å². The molecule has 1 aromatic carbocycles. The van der Waals surface area contributed by atoms with Crippen molar-refractivity contribution in [3.63, 3.8) is 0 Å². The summed E-state index contributed by atoms with van der Waals surface area (Å²) in [7, 11) is 1.47. The lowest BCUT2D eigenvalue weighted by atomic mass is 10.2. The number of hydrogen-bond donors (Lipinski definition) is 2. The van der Waals surface area contributed by atoms with Gasteiger partial charge < -0.3 is 10.5 Å². The van der Waals surface area contributed by atoms with Crippen LogP contribution in [-0.2, 0) is 11.3 Å². The molecule has 0 saturated carbocycles. The van der Waals surface area contributed by atoms with Gasteiger partial charge in [0, 0.05) is 11.6 Å². The molecule has 0 aliphatic rings. The van der Waals surface area contributed by atoms with Crippen molar-refractivity contribution in [2.24, 2.45) is 5.10 Å². The molecule has 3 rings (SSSR count). The van der Waals surface area contributed by atoms with Gasteiger partial charge in [0.15, 0.2) is 5.69 Å². The molecule has 0 spiro atoms. The monoisotopic (exact) mass is 420 g/mol. The topological polar surface area (TPSA) is 146 Å². The Labute approximate surface area is 155 Å². The van der Waals surface area contributed by atoms with Gasteiger partial charge in [-0.15, -0.1) is 5.10 Å². The molecular weight excluding hydrogens is 408 g/mol. The van der Waals surface area contributed by atoms with Gasteiger partial charge in [0.05, 0.1) is 12.8 Å². The van der Waals surface area contributed by atoms with Gasteiger partial charge in [-0.3, -0.25) is 4.79 Å². The quantitative estimate of drug-likeness (QED) is 0.441. The van der Waals surface area contributed by atoms with E-state index in [2.05, 4.69) is 51.7 Å². The van der Waals surface area contributed by atoms with Crippen LogP contribution in [0.25, 0.3) is 5.82 Å². The predicted octanol–water partition coefficient (Wildman–Crippen LogP) is 0.905. The largest absolute Gasteiger partial charge is 0.378 e. The number of carbonyl (C=O) groups is 1. The number of nitrogens with one attached hydrogen (secondary N) is 1. The van der Waals surface area contributed by atoms with Crippen LogP contribution in [0.15, 0.2) is 38.5 Å². The van der Waals surface area contributed by atoms with Crippen LogP contribution in [0, 0.1) is 0 Å². The molecule has 1 amide bonds. The van der Waals surface area contributed by atoms with Gasteiger partial charge in [-0.1, -0.05) is 33.3 Å². The van der Waals surface area contributed by atoms with Gasteiger partial charge in [-0.05, 0) is 28.0 Å². The van der Waals surface area contributed by atoms with Gasteiger partial charge in [0.1, 0.15) is 5.69 Å². The third-order valence-electron chi connectivity index (χ3n) is 3.16. The SMILES string of the molecule is COCc1nnn(-c2nonc2N)c1C(=O)NN=Cc1cccc(Br)c1. The lowest BCUT2D eigenvalue weighted by Gasteiger charge is -2.04. The molecule has 0 aliphatic carbocycles. The number of ether oxygens (including phenoxy) is 1. The summed E-state index contributed by atoms with van der Waals surface area (Å²) in [6.45, 7) is 0.0588. The summed E-state index contributed by atoms with van der Waals surface area (Å²) in [5, 5.41) is 18.8. The van der Waals surface area contributed by atoms with Crippen molar-refractivity contribution < 1.29 is 14.2 Å². The summed E-state index contributed by atoms with van der Waals surface area (Å²) in [5.74, 6) is -0.567. The van der Waals surface area contributed by atoms with Crippen molar-refractivity contribution >= 4 is 33.9 Å². The van der Waals surface area contributed by atoms with Crippen LogP contribution in [0.5, 0.6) is 0 Å². The third-order valence-corrected chi connectivity index (χ3v) is 3.65. The molecule has 0 bridgehead atoms. The number of hydrogen-bond acceptors (Lipinski definition) is 9. The second kappa shape index (κ2) is 7.84. The second-order valence-corrected chi connectivity index (χ2v) is 5.87. The molecule has 11 nitrogen and oxygen atoms in total. The number of benzene rings is 1. The number of halogens is 1. The number of methoxy groups -OCH3 is 1. The Morgan fingerprint density at radius 2 is 2.35 bits per heavy atom. The van der Waals surface area contributed by atoms with E-state index in [1.54, 1.807) is 0 Å². The lowest BCUT2D eigenvalue weighted by Crippen LogP contribution is -2.23. The minimum atomic E-state index is -0.573. The summed E-state index contributed by atoms with van der Waals surface area (Å²) < 4.78 is 11.6. The average molecular weight is 421 g/mol. The van der Waals surface area contributed by atoms with Crippen LogP contribution in [0.2, 0.25) is 0 Å². The number of carbonyl (C=O) groups excluding carboxylic acids is 1. The minimum absolute atomic E-state index is 0.0365. The van der Waals surface area contributed by atoms with Crippen LogP contribution in [0.4, 0.5) is 5.82 Å². The highest BCUT2D eigenvalue weighted by atomic mass is 79.9. The Kier molecular flexibility index (Phi) is 5.34. The van der Waals surface area contributed by atoms with Gasteiger partial charge in [-0.25, -0.2) is 10.1 Å². The highest BCUT2D eigenvalue weighted by Crippen LogP contribution is 2.16. The molecule has 2 aromatic heterocycles. The smallest absolute Gasteiger partial charge is 0.292 e. The van der Waals surface area contributed by atoms with Crippen molar-refractivity contribution in [2.45, 2.75) is 6.61 Å². The molecule has 134 valence electrons. The van der Waals surface area contributed by atoms with E-state index in [9.17, 15) is 4.79 Å². The van der Waals surface area contributed by atoms with Gasteiger partial charge in [0.25, 0.3) is 5.91 Å². The fourth-order valence-electron chi connectivity index (χ4n) is 2.07. The van der Waals surface area contributed by atoms with Crippen LogP contribution < -0.4 is 11.2 Å². The Balaban J connectivity index is 1.86. The van der Waals surface area contributed by atoms with Gasteiger partial charge >= 0.3 is 0 Å².